The zero-order valence-electron chi connectivity index (χ0n) is 36.7. The fourth-order valence-electron chi connectivity index (χ4n) is 8.62. The SMILES string of the molecule is CCCCc1cc2c(-c3ccccc3C(C)CC)cccc2[cH-]1.CCCCc1cc2c(-c3ccccc3C(C)CC)cccc2[cH-]1.[Hf].[c-]1cccc2c1[Si]c1ccccc1-2. The van der Waals surface area contributed by atoms with Crippen molar-refractivity contribution in [3.8, 4) is 33.4 Å². The third-order valence-electron chi connectivity index (χ3n) is 12.4. The molecule has 2 atom stereocenters. The summed E-state index contributed by atoms with van der Waals surface area (Å²) >= 11 is 0. The van der Waals surface area contributed by atoms with Crippen LogP contribution in [0.25, 0.3) is 54.9 Å². The third kappa shape index (κ3) is 10.4. The van der Waals surface area contributed by atoms with E-state index in [2.05, 4.69) is 193 Å². The molecule has 1 aliphatic heterocycles. The van der Waals surface area contributed by atoms with Crippen LogP contribution in [0.1, 0.15) is 114 Å². The molecule has 0 amide bonds. The Balaban J connectivity index is 0.000000155. The van der Waals surface area contributed by atoms with Crippen molar-refractivity contribution >= 4 is 41.4 Å². The number of aryl methyl sites for hydroxylation is 2. The van der Waals surface area contributed by atoms with Crippen molar-refractivity contribution < 1.29 is 25.8 Å². The number of hydrogen-bond donors (Lipinski definition) is 0. The fraction of sp³-hybridized carbons (Fsp3) is 0.276. The van der Waals surface area contributed by atoms with E-state index in [1.807, 2.05) is 6.07 Å². The second kappa shape index (κ2) is 21.9. The van der Waals surface area contributed by atoms with Gasteiger partial charge in [0, 0.05) is 25.8 Å². The molecule has 1 heterocycles. The van der Waals surface area contributed by atoms with Crippen molar-refractivity contribution in [3.63, 3.8) is 0 Å². The van der Waals surface area contributed by atoms with Crippen LogP contribution in [0.4, 0.5) is 0 Å². The fourth-order valence-corrected chi connectivity index (χ4v) is 9.93. The molecule has 0 spiro atoms. The van der Waals surface area contributed by atoms with Gasteiger partial charge in [0.2, 0.25) is 0 Å². The van der Waals surface area contributed by atoms with Gasteiger partial charge in [0.1, 0.15) is 0 Å². The van der Waals surface area contributed by atoms with Gasteiger partial charge >= 0.3 is 0 Å². The smallest absolute Gasteiger partial charge is 0.0920 e. The zero-order chi connectivity index (χ0) is 41.1. The van der Waals surface area contributed by atoms with Crippen molar-refractivity contribution in [2.75, 3.05) is 0 Å². The van der Waals surface area contributed by atoms with Gasteiger partial charge < -0.3 is 0 Å². The Kier molecular flexibility index (Phi) is 16.5. The maximum atomic E-state index is 3.31. The van der Waals surface area contributed by atoms with Gasteiger partial charge in [0.05, 0.1) is 9.52 Å². The van der Waals surface area contributed by atoms with Crippen molar-refractivity contribution in [2.45, 2.75) is 105 Å². The summed E-state index contributed by atoms with van der Waals surface area (Å²) < 4.78 is 0. The van der Waals surface area contributed by atoms with Gasteiger partial charge in [-0.15, -0.1) is 74.6 Å². The number of unbranched alkanes of at least 4 members (excludes halogenated alkanes) is 2. The predicted octanol–water partition coefficient (Wildman–Crippen LogP) is 15.3. The second-order valence-electron chi connectivity index (χ2n) is 16.5. The minimum Gasteiger partial charge on any atom is -0.184 e. The monoisotopic (exact) mass is 965 g/mol. The van der Waals surface area contributed by atoms with Gasteiger partial charge in [-0.1, -0.05) is 174 Å². The van der Waals surface area contributed by atoms with Crippen LogP contribution in [-0.2, 0) is 38.7 Å². The first-order chi connectivity index (χ1) is 28.9. The van der Waals surface area contributed by atoms with E-state index in [4.69, 9.17) is 0 Å². The third-order valence-corrected chi connectivity index (χ3v) is 13.7. The molecule has 8 aromatic rings. The Morgan fingerprint density at radius 3 is 1.45 bits per heavy atom. The summed E-state index contributed by atoms with van der Waals surface area (Å²) in [4.78, 5) is 0. The zero-order valence-corrected chi connectivity index (χ0v) is 41.3. The number of benzene rings is 6. The predicted molar refractivity (Wildman–Crippen MR) is 260 cm³/mol. The number of fused-ring (bicyclic) bond motifs is 5. The van der Waals surface area contributed by atoms with Gasteiger partial charge in [-0.2, -0.15) is 41.6 Å². The van der Waals surface area contributed by atoms with E-state index in [1.54, 1.807) is 0 Å². The Bertz CT molecular complexity index is 2400. The van der Waals surface area contributed by atoms with E-state index >= 15 is 0 Å². The normalized spacial score (nSPS) is 12.4. The van der Waals surface area contributed by atoms with Crippen LogP contribution in [0.2, 0.25) is 0 Å². The molecule has 0 saturated carbocycles. The minimum atomic E-state index is 0. The standard InChI is InChI=1S/2C23H27.C12H7Si.Hf/c2*1-4-6-10-18-15-19-11-9-14-22(23(19)16-18)21-13-8-7-12-20(21)17(3)5-2;1-3-7-11-9(5-1)10-6-2-4-8-12(10)13-11;/h2*7-9,11-17H,4-6,10H2,1-3H3;1-7H;/q3*-1;. The molecule has 0 saturated heterocycles. The van der Waals surface area contributed by atoms with Crippen molar-refractivity contribution in [3.05, 3.63) is 180 Å². The topological polar surface area (TPSA) is 0 Å². The largest absolute Gasteiger partial charge is 0.184 e. The van der Waals surface area contributed by atoms with E-state index in [0.717, 1.165) is 9.52 Å². The summed E-state index contributed by atoms with van der Waals surface area (Å²) in [5.41, 5.74) is 14.3. The van der Waals surface area contributed by atoms with Crippen LogP contribution in [0.5, 0.6) is 0 Å². The second-order valence-corrected chi connectivity index (χ2v) is 17.8. The first-order valence-electron chi connectivity index (χ1n) is 22.4. The van der Waals surface area contributed by atoms with Crippen LogP contribution >= 0.6 is 0 Å². The Morgan fingerprint density at radius 1 is 0.500 bits per heavy atom. The number of hydrogen-bond acceptors (Lipinski definition) is 0. The molecule has 0 fully saturated rings. The molecular weight excluding hydrogens is 903 g/mol. The molecule has 304 valence electrons. The van der Waals surface area contributed by atoms with Gasteiger partial charge in [-0.25, -0.2) is 0 Å². The average Bonchev–Trinajstić information content (AvgIpc) is 4.02. The summed E-state index contributed by atoms with van der Waals surface area (Å²) in [6.07, 6.45) is 9.79. The molecular formula is C58H61HfSi-3. The molecule has 0 nitrogen and oxygen atoms in total. The maximum Gasteiger partial charge on any atom is 0.0920 e. The molecule has 1 aliphatic rings. The van der Waals surface area contributed by atoms with Gasteiger partial charge in [-0.3, -0.25) is 0 Å². The molecule has 2 unspecified atom stereocenters. The molecule has 0 bridgehead atoms. The van der Waals surface area contributed by atoms with Crippen LogP contribution < -0.4 is 10.4 Å². The Labute approximate surface area is 382 Å². The van der Waals surface area contributed by atoms with Crippen molar-refractivity contribution in [2.24, 2.45) is 0 Å². The van der Waals surface area contributed by atoms with Crippen LogP contribution in [0.15, 0.2) is 152 Å². The molecule has 8 aromatic carbocycles. The summed E-state index contributed by atoms with van der Waals surface area (Å²) in [5, 5.41) is 8.41. The van der Waals surface area contributed by atoms with E-state index < -0.39 is 0 Å². The van der Waals surface area contributed by atoms with Gasteiger partial charge in [-0.05, 0) is 59.8 Å². The maximum absolute atomic E-state index is 3.31. The minimum absolute atomic E-state index is 0. The molecule has 9 rings (SSSR count). The van der Waals surface area contributed by atoms with Gasteiger partial charge in [0.25, 0.3) is 0 Å². The molecule has 0 N–H and O–H groups in total. The van der Waals surface area contributed by atoms with E-state index in [9.17, 15) is 0 Å². The number of rotatable bonds is 12. The molecule has 0 aliphatic carbocycles. The quantitative estimate of drug-likeness (QED) is 0.0845. The first kappa shape index (κ1) is 45.2. The first-order valence-corrected chi connectivity index (χ1v) is 23.4. The van der Waals surface area contributed by atoms with Crippen molar-refractivity contribution in [1.29, 1.82) is 0 Å². The summed E-state index contributed by atoms with van der Waals surface area (Å²) in [6, 6.07) is 59.1. The summed E-state index contributed by atoms with van der Waals surface area (Å²) in [6.45, 7) is 13.7. The summed E-state index contributed by atoms with van der Waals surface area (Å²) in [5.74, 6) is 1.19. The van der Waals surface area contributed by atoms with Crippen LogP contribution in [0.3, 0.4) is 0 Å². The molecule has 60 heavy (non-hydrogen) atoms. The van der Waals surface area contributed by atoms with Crippen LogP contribution in [-0.4, -0.2) is 9.52 Å². The summed E-state index contributed by atoms with van der Waals surface area (Å²) in [7, 11) is 0.795. The van der Waals surface area contributed by atoms with Gasteiger partial charge in [0.15, 0.2) is 0 Å². The molecule has 2 radical (unpaired) electrons. The van der Waals surface area contributed by atoms with E-state index in [1.165, 1.54) is 139 Å². The Morgan fingerprint density at radius 2 is 0.950 bits per heavy atom. The van der Waals surface area contributed by atoms with E-state index in [-0.39, 0.29) is 25.8 Å². The van der Waals surface area contributed by atoms with Crippen molar-refractivity contribution in [1.82, 2.24) is 0 Å². The molecule has 0 aromatic heterocycles. The van der Waals surface area contributed by atoms with Crippen LogP contribution in [0, 0.1) is 6.07 Å². The molecule has 2 heteroatoms. The van der Waals surface area contributed by atoms with E-state index in [0.29, 0.717) is 11.8 Å². The Hall–Kier alpha value is -4.37. The average molecular weight is 965 g/mol.